The molecule has 0 fully saturated rings. The molecule has 0 saturated carbocycles. The molecule has 2 heterocycles. The van der Waals surface area contributed by atoms with E-state index in [0.29, 0.717) is 86.8 Å². The Morgan fingerprint density at radius 3 is 2.29 bits per heavy atom. The van der Waals surface area contributed by atoms with Gasteiger partial charge in [-0.15, -0.1) is 0 Å². The quantitative estimate of drug-likeness (QED) is 0.437. The van der Waals surface area contributed by atoms with Gasteiger partial charge in [-0.25, -0.2) is 13.2 Å². The first-order valence-electron chi connectivity index (χ1n) is 13.3. The standard InChI is InChI=1S/C30H29F3N4O4/c31-23-16-24(32)30(33)28(17-23)37-27(18-26(36-37)21-3-1-20(19-34)2-4-21)22-5-6-25-29(15-22)41-14-13-40-12-11-39-10-9-38-8-7-35-25/h1-6,15-17,27,35H,7-14,18H2. The zero-order valence-electron chi connectivity index (χ0n) is 22.2. The van der Waals surface area contributed by atoms with Crippen LogP contribution in [0.15, 0.2) is 59.7 Å². The third-order valence-electron chi connectivity index (χ3n) is 6.66. The van der Waals surface area contributed by atoms with Crippen LogP contribution in [0.2, 0.25) is 0 Å². The first-order valence-corrected chi connectivity index (χ1v) is 13.3. The lowest BCUT2D eigenvalue weighted by atomic mass is 9.97. The zero-order valence-corrected chi connectivity index (χ0v) is 22.2. The Labute approximate surface area is 235 Å². The fourth-order valence-corrected chi connectivity index (χ4v) is 4.63. The van der Waals surface area contributed by atoms with Gasteiger partial charge in [-0.05, 0) is 35.4 Å². The molecule has 0 aromatic heterocycles. The van der Waals surface area contributed by atoms with Crippen LogP contribution in [0.4, 0.5) is 24.5 Å². The number of hydrogen-bond donors (Lipinski definition) is 1. The van der Waals surface area contributed by atoms with Crippen molar-refractivity contribution < 1.29 is 32.1 Å². The van der Waals surface area contributed by atoms with E-state index in [1.807, 2.05) is 18.2 Å². The highest BCUT2D eigenvalue weighted by atomic mass is 19.2. The van der Waals surface area contributed by atoms with Gasteiger partial charge < -0.3 is 24.3 Å². The lowest BCUT2D eigenvalue weighted by molar-refractivity contribution is 0.0114. The molecule has 214 valence electrons. The number of rotatable bonds is 3. The van der Waals surface area contributed by atoms with Gasteiger partial charge >= 0.3 is 0 Å². The van der Waals surface area contributed by atoms with Gasteiger partial charge in [0.1, 0.15) is 23.9 Å². The summed E-state index contributed by atoms with van der Waals surface area (Å²) in [6.07, 6.45) is 0.312. The number of fused-ring (bicyclic) bond motifs is 1. The van der Waals surface area contributed by atoms with Crippen LogP contribution in [0, 0.1) is 28.8 Å². The monoisotopic (exact) mass is 566 g/mol. The smallest absolute Gasteiger partial charge is 0.184 e. The average molecular weight is 567 g/mol. The van der Waals surface area contributed by atoms with Crippen molar-refractivity contribution in [1.82, 2.24) is 0 Å². The first kappa shape index (κ1) is 28.4. The molecule has 2 aliphatic rings. The van der Waals surface area contributed by atoms with Crippen molar-refractivity contribution in [3.05, 3.63) is 88.7 Å². The molecule has 8 nitrogen and oxygen atoms in total. The van der Waals surface area contributed by atoms with Crippen LogP contribution in [-0.2, 0) is 14.2 Å². The molecular formula is C30H29F3N4O4. The van der Waals surface area contributed by atoms with Crippen LogP contribution in [0.5, 0.6) is 5.75 Å². The number of anilines is 2. The maximum atomic E-state index is 15.0. The average Bonchev–Trinajstić information content (AvgIpc) is 3.42. The van der Waals surface area contributed by atoms with E-state index in [2.05, 4.69) is 16.5 Å². The van der Waals surface area contributed by atoms with E-state index in [9.17, 15) is 8.78 Å². The normalized spacial score (nSPS) is 18.6. The van der Waals surface area contributed by atoms with Crippen molar-refractivity contribution in [1.29, 1.82) is 5.26 Å². The summed E-state index contributed by atoms with van der Waals surface area (Å²) in [4.78, 5) is 0. The minimum absolute atomic E-state index is 0.278. The lowest BCUT2D eigenvalue weighted by Gasteiger charge is -2.25. The fraction of sp³-hybridized carbons (Fsp3) is 0.333. The van der Waals surface area contributed by atoms with E-state index in [1.165, 1.54) is 5.01 Å². The second-order valence-corrected chi connectivity index (χ2v) is 9.39. The van der Waals surface area contributed by atoms with Crippen LogP contribution >= 0.6 is 0 Å². The molecule has 0 spiro atoms. The van der Waals surface area contributed by atoms with Gasteiger partial charge in [0.05, 0.1) is 68.7 Å². The Morgan fingerprint density at radius 1 is 0.854 bits per heavy atom. The minimum Gasteiger partial charge on any atom is -0.489 e. The van der Waals surface area contributed by atoms with E-state index in [0.717, 1.165) is 11.8 Å². The second-order valence-electron chi connectivity index (χ2n) is 9.39. The third-order valence-corrected chi connectivity index (χ3v) is 6.66. The van der Waals surface area contributed by atoms with Crippen molar-refractivity contribution >= 4 is 17.1 Å². The van der Waals surface area contributed by atoms with E-state index in [-0.39, 0.29) is 12.3 Å². The molecule has 41 heavy (non-hydrogen) atoms. The summed E-state index contributed by atoms with van der Waals surface area (Å²) in [5, 5.41) is 18.4. The topological polar surface area (TPSA) is 88.3 Å². The Bertz CT molecular complexity index is 1430. The van der Waals surface area contributed by atoms with Crippen molar-refractivity contribution in [3.8, 4) is 11.8 Å². The first-order chi connectivity index (χ1) is 20.0. The predicted molar refractivity (Wildman–Crippen MR) is 147 cm³/mol. The van der Waals surface area contributed by atoms with Crippen LogP contribution in [0.3, 0.4) is 0 Å². The molecule has 0 saturated heterocycles. The number of hydrogen-bond acceptors (Lipinski definition) is 8. The minimum atomic E-state index is -1.30. The van der Waals surface area contributed by atoms with Gasteiger partial charge in [0.25, 0.3) is 0 Å². The summed E-state index contributed by atoms with van der Waals surface area (Å²) in [5.41, 5.74) is 2.87. The Kier molecular flexibility index (Phi) is 9.36. The molecule has 1 unspecified atom stereocenters. The molecule has 3 aromatic carbocycles. The van der Waals surface area contributed by atoms with Gasteiger partial charge in [0.2, 0.25) is 0 Å². The van der Waals surface area contributed by atoms with Crippen molar-refractivity contribution in [3.63, 3.8) is 0 Å². The summed E-state index contributed by atoms with van der Waals surface area (Å²) in [6.45, 7) is 3.46. The van der Waals surface area contributed by atoms with Gasteiger partial charge in [-0.3, -0.25) is 5.01 Å². The van der Waals surface area contributed by atoms with Crippen LogP contribution < -0.4 is 15.1 Å². The van der Waals surface area contributed by atoms with Crippen molar-refractivity contribution in [2.24, 2.45) is 5.10 Å². The second kappa shape index (κ2) is 13.5. The Hall–Kier alpha value is -4.11. The highest BCUT2D eigenvalue weighted by Gasteiger charge is 2.33. The van der Waals surface area contributed by atoms with E-state index in [1.54, 1.807) is 24.3 Å². The van der Waals surface area contributed by atoms with Crippen LogP contribution in [-0.4, -0.2) is 58.5 Å². The third kappa shape index (κ3) is 6.97. The molecule has 0 amide bonds. The Morgan fingerprint density at radius 2 is 1.56 bits per heavy atom. The highest BCUT2D eigenvalue weighted by Crippen LogP contribution is 2.41. The van der Waals surface area contributed by atoms with Gasteiger partial charge in [-0.2, -0.15) is 10.4 Å². The summed E-state index contributed by atoms with van der Waals surface area (Å²) >= 11 is 0. The number of nitrogens with zero attached hydrogens (tertiary/aromatic N) is 3. The highest BCUT2D eigenvalue weighted by molar-refractivity contribution is 6.03. The number of nitrogens with one attached hydrogen (secondary N) is 1. The lowest BCUT2D eigenvalue weighted by Crippen LogP contribution is -2.21. The zero-order chi connectivity index (χ0) is 28.6. The van der Waals surface area contributed by atoms with E-state index >= 15 is 4.39 Å². The summed E-state index contributed by atoms with van der Waals surface area (Å²) in [6, 6.07) is 15.2. The number of ether oxygens (including phenoxy) is 4. The predicted octanol–water partition coefficient (Wildman–Crippen LogP) is 5.19. The molecule has 0 bridgehead atoms. The number of hydrazone groups is 1. The molecule has 1 atom stereocenters. The summed E-state index contributed by atoms with van der Waals surface area (Å²) < 4.78 is 66.2. The largest absolute Gasteiger partial charge is 0.489 e. The van der Waals surface area contributed by atoms with Crippen molar-refractivity contribution in [2.45, 2.75) is 12.5 Å². The number of nitriles is 1. The van der Waals surface area contributed by atoms with Gasteiger partial charge in [0, 0.05) is 25.1 Å². The van der Waals surface area contributed by atoms with E-state index < -0.39 is 23.5 Å². The molecule has 0 aliphatic carbocycles. The summed E-state index contributed by atoms with van der Waals surface area (Å²) in [5.74, 6) is -2.88. The maximum Gasteiger partial charge on any atom is 0.184 e. The number of halogens is 3. The number of benzene rings is 3. The SMILES string of the molecule is N#Cc1ccc(C2=NN(c3cc(F)cc(F)c3F)C(c3ccc4c(c3)OCCOCCOCCOCCN4)C2)cc1. The van der Waals surface area contributed by atoms with Crippen LogP contribution in [0.25, 0.3) is 0 Å². The molecule has 2 aliphatic heterocycles. The molecule has 3 aromatic rings. The Balaban J connectivity index is 1.48. The van der Waals surface area contributed by atoms with E-state index in [4.69, 9.17) is 24.2 Å². The van der Waals surface area contributed by atoms with Gasteiger partial charge in [0.15, 0.2) is 11.6 Å². The van der Waals surface area contributed by atoms with Gasteiger partial charge in [-0.1, -0.05) is 18.2 Å². The molecule has 11 heteroatoms. The molecular weight excluding hydrogens is 537 g/mol. The molecule has 1 N–H and O–H groups in total. The molecule has 5 rings (SSSR count). The van der Waals surface area contributed by atoms with Crippen molar-refractivity contribution in [2.75, 3.05) is 63.1 Å². The van der Waals surface area contributed by atoms with Crippen LogP contribution in [0.1, 0.15) is 29.2 Å². The maximum absolute atomic E-state index is 15.0. The molecule has 0 radical (unpaired) electrons. The summed E-state index contributed by atoms with van der Waals surface area (Å²) in [7, 11) is 0. The fourth-order valence-electron chi connectivity index (χ4n) is 4.63.